The summed E-state index contributed by atoms with van der Waals surface area (Å²) < 4.78 is 50.3. The second kappa shape index (κ2) is 20.8. The van der Waals surface area contributed by atoms with Crippen LogP contribution in [0.25, 0.3) is 0 Å². The minimum atomic E-state index is -2.15. The van der Waals surface area contributed by atoms with Crippen LogP contribution in [0, 0.1) is 0 Å². The fraction of sp³-hybridized carbons (Fsp3) is 0.969. The summed E-state index contributed by atoms with van der Waals surface area (Å²) in [4.78, 5) is 12.0. The number of ether oxygens (including phenoxy) is 9. The number of carbonyl (C=O) groups is 1. The van der Waals surface area contributed by atoms with Crippen molar-refractivity contribution in [1.82, 2.24) is 5.32 Å². The molecule has 5 saturated heterocycles. The molecule has 0 aromatic rings. The van der Waals surface area contributed by atoms with Crippen molar-refractivity contribution in [3.05, 3.63) is 0 Å². The number of aliphatic hydroxyl groups excluding tert-OH is 16. The van der Waals surface area contributed by atoms with Crippen LogP contribution in [0.4, 0.5) is 0 Å². The minimum Gasteiger partial charge on any atom is -0.394 e. The van der Waals surface area contributed by atoms with Gasteiger partial charge in [-0.2, -0.15) is 0 Å². The average Bonchev–Trinajstić information content (AvgIpc) is 3.21. The van der Waals surface area contributed by atoms with Crippen molar-refractivity contribution < 1.29 is 129 Å². The Balaban J connectivity index is 1.39. The third-order valence-corrected chi connectivity index (χ3v) is 10.7. The lowest BCUT2D eigenvalue weighted by atomic mass is 9.95. The average molecular weight is 870 g/mol. The number of hydrogen-bond donors (Lipinski definition) is 17. The molecule has 5 fully saturated rings. The van der Waals surface area contributed by atoms with E-state index < -0.39 is 192 Å². The third-order valence-electron chi connectivity index (χ3n) is 10.7. The molecular weight excluding hydrogens is 814 g/mol. The molecule has 1 amide bonds. The van der Waals surface area contributed by atoms with E-state index in [0.29, 0.717) is 0 Å². The molecular formula is C32H55NO26. The van der Waals surface area contributed by atoms with Gasteiger partial charge in [-0.3, -0.25) is 4.79 Å². The van der Waals surface area contributed by atoms with Gasteiger partial charge in [-0.15, -0.1) is 0 Å². The molecule has 5 aliphatic heterocycles. The molecule has 59 heavy (non-hydrogen) atoms. The molecule has 27 heteroatoms. The number of hydrogen-bond acceptors (Lipinski definition) is 26. The first kappa shape index (κ1) is 48.5. The SMILES string of the molecule is CC(=O)N[C@H]1[C@@H](O[C@H]2[C@@H](O[C@H]3[C@@H](O[C@H]4[C@H](O)[C@@H](CO[C@H]5O[C@H](CO)[C@H](O)[C@H](O)[C@H]5O)OC(O)[C@@H]4O)O[C@H](CO)[C@H](O)[C@@H]3O)O[C@H](CO)[C@@H](O)[C@@H]2O)O[C@H](CO)[C@@H](O)[C@@H]1O. The third kappa shape index (κ3) is 10.3. The summed E-state index contributed by atoms with van der Waals surface area (Å²) in [5.41, 5.74) is 0. The van der Waals surface area contributed by atoms with Crippen molar-refractivity contribution >= 4 is 5.91 Å². The lowest BCUT2D eigenvalue weighted by molar-refractivity contribution is -0.400. The Morgan fingerprint density at radius 2 is 0.847 bits per heavy atom. The maximum absolute atomic E-state index is 12.0. The van der Waals surface area contributed by atoms with Gasteiger partial charge in [0.15, 0.2) is 31.5 Å². The van der Waals surface area contributed by atoms with E-state index in [-0.39, 0.29) is 0 Å². The largest absolute Gasteiger partial charge is 0.394 e. The van der Waals surface area contributed by atoms with Crippen LogP contribution in [0.3, 0.4) is 0 Å². The highest BCUT2D eigenvalue weighted by Gasteiger charge is 2.56. The van der Waals surface area contributed by atoms with E-state index in [9.17, 15) is 86.5 Å². The number of aliphatic hydroxyl groups is 16. The van der Waals surface area contributed by atoms with Gasteiger partial charge in [0.1, 0.15) is 122 Å². The lowest BCUT2D eigenvalue weighted by Crippen LogP contribution is -2.69. The topological polar surface area (TPSA) is 436 Å². The first-order chi connectivity index (χ1) is 27.9. The fourth-order valence-electron chi connectivity index (χ4n) is 7.28. The Kier molecular flexibility index (Phi) is 17.1. The van der Waals surface area contributed by atoms with Crippen molar-refractivity contribution in [3.63, 3.8) is 0 Å². The molecule has 0 spiro atoms. The Morgan fingerprint density at radius 3 is 1.32 bits per heavy atom. The predicted octanol–water partition coefficient (Wildman–Crippen LogP) is -11.8. The van der Waals surface area contributed by atoms with Gasteiger partial charge in [-0.1, -0.05) is 0 Å². The van der Waals surface area contributed by atoms with E-state index in [2.05, 4.69) is 5.32 Å². The normalized spacial score (nSPS) is 51.0. The Labute approximate surface area is 333 Å². The molecule has 344 valence electrons. The molecule has 1 unspecified atom stereocenters. The van der Waals surface area contributed by atoms with Crippen LogP contribution in [0.2, 0.25) is 0 Å². The van der Waals surface area contributed by atoms with Crippen molar-refractivity contribution in [3.8, 4) is 0 Å². The maximum Gasteiger partial charge on any atom is 0.217 e. The summed E-state index contributed by atoms with van der Waals surface area (Å²) in [6.45, 7) is -3.32. The molecule has 5 heterocycles. The second-order valence-corrected chi connectivity index (χ2v) is 14.7. The highest BCUT2D eigenvalue weighted by molar-refractivity contribution is 5.73. The van der Waals surface area contributed by atoms with Crippen LogP contribution in [0.15, 0.2) is 0 Å². The van der Waals surface area contributed by atoms with Crippen molar-refractivity contribution in [2.45, 2.75) is 160 Å². The molecule has 0 aliphatic carbocycles. The van der Waals surface area contributed by atoms with Gasteiger partial charge in [0.2, 0.25) is 5.91 Å². The van der Waals surface area contributed by atoms with Crippen LogP contribution in [-0.2, 0) is 47.4 Å². The van der Waals surface area contributed by atoms with E-state index in [0.717, 1.165) is 6.92 Å². The zero-order valence-corrected chi connectivity index (χ0v) is 31.2. The zero-order valence-electron chi connectivity index (χ0n) is 31.2. The van der Waals surface area contributed by atoms with Gasteiger partial charge in [0, 0.05) is 6.92 Å². The monoisotopic (exact) mass is 869 g/mol. The highest BCUT2D eigenvalue weighted by Crippen LogP contribution is 2.35. The van der Waals surface area contributed by atoms with Gasteiger partial charge in [-0.25, -0.2) is 0 Å². The van der Waals surface area contributed by atoms with Gasteiger partial charge >= 0.3 is 0 Å². The second-order valence-electron chi connectivity index (χ2n) is 14.7. The fourth-order valence-corrected chi connectivity index (χ4v) is 7.28. The number of rotatable bonds is 14. The summed E-state index contributed by atoms with van der Waals surface area (Å²) in [7, 11) is 0. The molecule has 27 nitrogen and oxygen atoms in total. The number of nitrogens with one attached hydrogen (secondary N) is 1. The Bertz CT molecular complexity index is 1320. The Morgan fingerprint density at radius 1 is 0.441 bits per heavy atom. The van der Waals surface area contributed by atoms with Gasteiger partial charge in [0.05, 0.1) is 33.0 Å². The zero-order chi connectivity index (χ0) is 43.6. The molecule has 5 aliphatic rings. The standard InChI is InChI=1S/C32H55NO26/c1-7(38)33-13-19(44)14(39)8(2-34)53-29(13)58-26-21(46)16(41)11(5-37)56-32(26)59-27-22(47)17(42)10(4-36)55-31(27)57-25-18(43)12(52-28(50)24(25)49)6-51-30-23(48)20(45)15(40)9(3-35)54-30/h8-32,34-37,39-50H,2-6H2,1H3,(H,33,38)/t8-,9-,10-,11-,12-,13-,14-,15+,16-,17+,18-,19-,20+,21+,22+,23-,24-,25+,26-,27-,28?,29-,30+,31-,32-/m1/s1. The Hall–Kier alpha value is -1.53. The van der Waals surface area contributed by atoms with E-state index in [1.165, 1.54) is 0 Å². The van der Waals surface area contributed by atoms with Crippen LogP contribution in [0.5, 0.6) is 0 Å². The van der Waals surface area contributed by atoms with Crippen LogP contribution in [-0.4, -0.2) is 274 Å². The van der Waals surface area contributed by atoms with Crippen LogP contribution < -0.4 is 5.32 Å². The summed E-state index contributed by atoms with van der Waals surface area (Å²) in [6, 6.07) is -1.60. The molecule has 0 saturated carbocycles. The van der Waals surface area contributed by atoms with Crippen molar-refractivity contribution in [1.29, 1.82) is 0 Å². The van der Waals surface area contributed by atoms with Crippen molar-refractivity contribution in [2.24, 2.45) is 0 Å². The van der Waals surface area contributed by atoms with Crippen molar-refractivity contribution in [2.75, 3.05) is 33.0 Å². The number of carbonyl (C=O) groups excluding carboxylic acids is 1. The summed E-state index contributed by atoms with van der Waals surface area (Å²) in [5, 5.41) is 170. The van der Waals surface area contributed by atoms with E-state index in [1.54, 1.807) is 0 Å². The molecule has 0 aromatic carbocycles. The molecule has 0 aromatic heterocycles. The van der Waals surface area contributed by atoms with Gasteiger partial charge < -0.3 is 130 Å². The molecule has 25 atom stereocenters. The van der Waals surface area contributed by atoms with Gasteiger partial charge in [0.25, 0.3) is 0 Å². The molecule has 0 radical (unpaired) electrons. The smallest absolute Gasteiger partial charge is 0.217 e. The molecule has 17 N–H and O–H groups in total. The number of amides is 1. The molecule has 0 bridgehead atoms. The quantitative estimate of drug-likeness (QED) is 0.0770. The summed E-state index contributed by atoms with van der Waals surface area (Å²) in [5.74, 6) is -0.755. The highest BCUT2D eigenvalue weighted by atomic mass is 16.8. The first-order valence-corrected chi connectivity index (χ1v) is 18.6. The van der Waals surface area contributed by atoms with Crippen LogP contribution >= 0.6 is 0 Å². The minimum absolute atomic E-state index is 0.755. The van der Waals surface area contributed by atoms with Gasteiger partial charge in [-0.05, 0) is 0 Å². The summed E-state index contributed by atoms with van der Waals surface area (Å²) in [6.07, 6.45) is -45.0. The maximum atomic E-state index is 12.0. The predicted molar refractivity (Wildman–Crippen MR) is 178 cm³/mol. The van der Waals surface area contributed by atoms with E-state index in [4.69, 9.17) is 42.6 Å². The van der Waals surface area contributed by atoms with Crippen LogP contribution in [0.1, 0.15) is 6.92 Å². The van der Waals surface area contributed by atoms with E-state index >= 15 is 0 Å². The lowest BCUT2D eigenvalue weighted by Gasteiger charge is -2.50. The molecule has 5 rings (SSSR count). The summed E-state index contributed by atoms with van der Waals surface area (Å²) >= 11 is 0. The first-order valence-electron chi connectivity index (χ1n) is 18.6. The van der Waals surface area contributed by atoms with E-state index in [1.807, 2.05) is 0 Å².